The minimum atomic E-state index is 1.14. The molecule has 0 aliphatic carbocycles. The van der Waals surface area contributed by atoms with Crippen LogP contribution < -0.4 is 0 Å². The number of hydrogen-bond acceptors (Lipinski definition) is 0. The largest absolute Gasteiger partial charge is 0.309 e. The highest BCUT2D eigenvalue weighted by Crippen LogP contribution is 2.43. The molecule has 0 radical (unpaired) electrons. The van der Waals surface area contributed by atoms with E-state index < -0.39 is 0 Å². The molecule has 0 saturated carbocycles. The van der Waals surface area contributed by atoms with Gasteiger partial charge in [-0.25, -0.2) is 0 Å². The molecule has 0 atom stereocenters. The Balaban J connectivity index is 1.13. The summed E-state index contributed by atoms with van der Waals surface area (Å²) in [4.78, 5) is 0. The highest BCUT2D eigenvalue weighted by atomic mass is 15.0. The standard InChI is InChI=1S/C52H34N2/c1-4-14-35(15-5-1)40-30-41(36-16-6-2-7-17-36)32-42(31-40)37-24-26-44(27-25-37)53-48-23-13-12-22-46(48)51-49(53)29-28-45-47-33-38-18-10-11-19-39(38)34-50(47)54(52(45)51)43-20-8-3-9-21-43/h1-34H. The molecule has 0 N–H and O–H groups in total. The summed E-state index contributed by atoms with van der Waals surface area (Å²) in [6, 6.07) is 75.2. The molecule has 11 aromatic rings. The second-order valence-corrected chi connectivity index (χ2v) is 14.2. The number of rotatable bonds is 5. The Bertz CT molecular complexity index is 3110. The van der Waals surface area contributed by atoms with Crippen LogP contribution in [0, 0.1) is 0 Å². The van der Waals surface area contributed by atoms with Crippen LogP contribution in [0.25, 0.3) is 99.1 Å². The highest BCUT2D eigenvalue weighted by Gasteiger charge is 2.21. The van der Waals surface area contributed by atoms with Crippen LogP contribution in [-0.4, -0.2) is 9.13 Å². The van der Waals surface area contributed by atoms with Crippen molar-refractivity contribution in [1.82, 2.24) is 9.13 Å². The van der Waals surface area contributed by atoms with Gasteiger partial charge >= 0.3 is 0 Å². The van der Waals surface area contributed by atoms with Gasteiger partial charge in [0.15, 0.2) is 0 Å². The fourth-order valence-electron chi connectivity index (χ4n) is 8.56. The second-order valence-electron chi connectivity index (χ2n) is 14.2. The molecule has 2 heterocycles. The molecule has 0 amide bonds. The summed E-state index contributed by atoms with van der Waals surface area (Å²) >= 11 is 0. The molecule has 11 rings (SSSR count). The number of fused-ring (bicyclic) bond motifs is 8. The Labute approximate surface area is 313 Å². The third-order valence-electron chi connectivity index (χ3n) is 11.1. The normalized spacial score (nSPS) is 11.7. The van der Waals surface area contributed by atoms with Gasteiger partial charge in [0.2, 0.25) is 0 Å². The molecular formula is C52H34N2. The van der Waals surface area contributed by atoms with Crippen molar-refractivity contribution in [2.75, 3.05) is 0 Å². The van der Waals surface area contributed by atoms with Gasteiger partial charge in [-0.15, -0.1) is 0 Å². The van der Waals surface area contributed by atoms with Gasteiger partial charge < -0.3 is 9.13 Å². The average molecular weight is 687 g/mol. The molecule has 2 heteroatoms. The summed E-state index contributed by atoms with van der Waals surface area (Å²) in [5.41, 5.74) is 14.4. The Hall–Kier alpha value is -7.16. The maximum atomic E-state index is 2.48. The van der Waals surface area contributed by atoms with Crippen molar-refractivity contribution < 1.29 is 0 Å². The highest BCUT2D eigenvalue weighted by molar-refractivity contribution is 6.27. The molecule has 0 aliphatic heterocycles. The maximum Gasteiger partial charge on any atom is 0.0641 e. The van der Waals surface area contributed by atoms with Crippen LogP contribution >= 0.6 is 0 Å². The zero-order chi connectivity index (χ0) is 35.6. The molecular weight excluding hydrogens is 653 g/mol. The quantitative estimate of drug-likeness (QED) is 0.171. The fourth-order valence-corrected chi connectivity index (χ4v) is 8.56. The monoisotopic (exact) mass is 686 g/mol. The van der Waals surface area contributed by atoms with E-state index in [1.54, 1.807) is 0 Å². The maximum absolute atomic E-state index is 2.48. The number of hydrogen-bond donors (Lipinski definition) is 0. The van der Waals surface area contributed by atoms with Crippen LogP contribution in [0.5, 0.6) is 0 Å². The lowest BCUT2D eigenvalue weighted by molar-refractivity contribution is 1.17. The van der Waals surface area contributed by atoms with Crippen molar-refractivity contribution in [1.29, 1.82) is 0 Å². The summed E-state index contributed by atoms with van der Waals surface area (Å²) < 4.78 is 4.91. The number of benzene rings is 9. The van der Waals surface area contributed by atoms with Crippen molar-refractivity contribution in [2.24, 2.45) is 0 Å². The third-order valence-corrected chi connectivity index (χ3v) is 11.1. The molecule has 0 unspecified atom stereocenters. The van der Waals surface area contributed by atoms with E-state index in [2.05, 4.69) is 215 Å². The topological polar surface area (TPSA) is 9.86 Å². The van der Waals surface area contributed by atoms with E-state index in [0.29, 0.717) is 0 Å². The Morgan fingerprint density at radius 2 is 0.778 bits per heavy atom. The van der Waals surface area contributed by atoms with Crippen molar-refractivity contribution >= 4 is 54.4 Å². The van der Waals surface area contributed by atoms with Gasteiger partial charge in [0.05, 0.1) is 22.1 Å². The Morgan fingerprint density at radius 1 is 0.259 bits per heavy atom. The van der Waals surface area contributed by atoms with E-state index >= 15 is 0 Å². The lowest BCUT2D eigenvalue weighted by atomic mass is 9.93. The molecule has 54 heavy (non-hydrogen) atoms. The SMILES string of the molecule is c1ccc(-c2cc(-c3ccccc3)cc(-c3ccc(-n4c5ccccc5c5c4ccc4c6cc7ccccc7cc6n(-c6ccccc6)c45)cc3)c2)cc1. The summed E-state index contributed by atoms with van der Waals surface area (Å²) in [5.74, 6) is 0. The van der Waals surface area contributed by atoms with E-state index in [-0.39, 0.29) is 0 Å². The lowest BCUT2D eigenvalue weighted by Gasteiger charge is -2.13. The molecule has 252 valence electrons. The predicted octanol–water partition coefficient (Wildman–Crippen LogP) is 14.0. The van der Waals surface area contributed by atoms with E-state index in [4.69, 9.17) is 0 Å². The van der Waals surface area contributed by atoms with Crippen molar-refractivity contribution in [2.45, 2.75) is 0 Å². The first kappa shape index (κ1) is 30.5. The molecule has 0 bridgehead atoms. The second kappa shape index (κ2) is 12.2. The van der Waals surface area contributed by atoms with Crippen LogP contribution in [0.2, 0.25) is 0 Å². The molecule has 9 aromatic carbocycles. The molecule has 0 spiro atoms. The van der Waals surface area contributed by atoms with Gasteiger partial charge in [-0.3, -0.25) is 0 Å². The van der Waals surface area contributed by atoms with E-state index in [1.165, 1.54) is 87.8 Å². The first-order chi connectivity index (χ1) is 26.8. The average Bonchev–Trinajstić information content (AvgIpc) is 3.76. The third kappa shape index (κ3) is 4.81. The first-order valence-corrected chi connectivity index (χ1v) is 18.6. The molecule has 0 saturated heterocycles. The molecule has 2 aromatic heterocycles. The summed E-state index contributed by atoms with van der Waals surface area (Å²) in [7, 11) is 0. The van der Waals surface area contributed by atoms with Gasteiger partial charge in [0.25, 0.3) is 0 Å². The Morgan fingerprint density at radius 3 is 1.43 bits per heavy atom. The number of nitrogens with zero attached hydrogens (tertiary/aromatic N) is 2. The predicted molar refractivity (Wildman–Crippen MR) is 229 cm³/mol. The minimum absolute atomic E-state index is 1.14. The van der Waals surface area contributed by atoms with Crippen LogP contribution in [0.3, 0.4) is 0 Å². The zero-order valence-electron chi connectivity index (χ0n) is 29.5. The molecule has 2 nitrogen and oxygen atoms in total. The van der Waals surface area contributed by atoms with Gasteiger partial charge in [-0.2, -0.15) is 0 Å². The van der Waals surface area contributed by atoms with Crippen LogP contribution in [0.4, 0.5) is 0 Å². The fraction of sp³-hybridized carbons (Fsp3) is 0. The van der Waals surface area contributed by atoms with Gasteiger partial charge in [-0.1, -0.05) is 140 Å². The van der Waals surface area contributed by atoms with Crippen LogP contribution in [0.15, 0.2) is 206 Å². The van der Waals surface area contributed by atoms with Crippen molar-refractivity contribution in [3.05, 3.63) is 206 Å². The molecule has 0 fully saturated rings. The summed E-state index contributed by atoms with van der Waals surface area (Å²) in [6.45, 7) is 0. The van der Waals surface area contributed by atoms with E-state index in [0.717, 1.165) is 11.4 Å². The zero-order valence-corrected chi connectivity index (χ0v) is 29.5. The molecule has 0 aliphatic rings. The van der Waals surface area contributed by atoms with Crippen LogP contribution in [-0.2, 0) is 0 Å². The Kier molecular flexibility index (Phi) is 6.90. The minimum Gasteiger partial charge on any atom is -0.309 e. The van der Waals surface area contributed by atoms with Gasteiger partial charge in [0.1, 0.15) is 0 Å². The number of para-hydroxylation sites is 2. The number of aromatic nitrogens is 2. The van der Waals surface area contributed by atoms with E-state index in [1.807, 2.05) is 0 Å². The van der Waals surface area contributed by atoms with Crippen LogP contribution in [0.1, 0.15) is 0 Å². The van der Waals surface area contributed by atoms with Gasteiger partial charge in [0, 0.05) is 32.9 Å². The smallest absolute Gasteiger partial charge is 0.0641 e. The summed E-state index contributed by atoms with van der Waals surface area (Å²) in [6.07, 6.45) is 0. The van der Waals surface area contributed by atoms with Crippen molar-refractivity contribution in [3.63, 3.8) is 0 Å². The van der Waals surface area contributed by atoms with Crippen molar-refractivity contribution in [3.8, 4) is 44.8 Å². The van der Waals surface area contributed by atoms with Gasteiger partial charge in [-0.05, 0) is 111 Å². The van der Waals surface area contributed by atoms with E-state index in [9.17, 15) is 0 Å². The lowest BCUT2D eigenvalue weighted by Crippen LogP contribution is -1.95. The summed E-state index contributed by atoms with van der Waals surface area (Å²) in [5, 5.41) is 7.54. The first-order valence-electron chi connectivity index (χ1n) is 18.6.